The van der Waals surface area contributed by atoms with Gasteiger partial charge in [0.15, 0.2) is 0 Å². The summed E-state index contributed by atoms with van der Waals surface area (Å²) in [5.74, 6) is -0.377. The summed E-state index contributed by atoms with van der Waals surface area (Å²) in [7, 11) is 1.43. The number of amides is 2. The lowest BCUT2D eigenvalue weighted by atomic mass is 10.1. The Bertz CT molecular complexity index is 738. The zero-order valence-electron chi connectivity index (χ0n) is 13.5. The van der Waals surface area contributed by atoms with Gasteiger partial charge in [-0.2, -0.15) is 0 Å². The van der Waals surface area contributed by atoms with E-state index in [1.54, 1.807) is 26.8 Å². The highest BCUT2D eigenvalue weighted by Gasteiger charge is 2.19. The van der Waals surface area contributed by atoms with Crippen LogP contribution in [0.15, 0.2) is 30.3 Å². The first-order valence-electron chi connectivity index (χ1n) is 7.03. The van der Waals surface area contributed by atoms with Gasteiger partial charge < -0.3 is 9.47 Å². The van der Waals surface area contributed by atoms with Crippen LogP contribution in [0.1, 0.15) is 31.1 Å². The highest BCUT2D eigenvalue weighted by molar-refractivity contribution is 6.00. The van der Waals surface area contributed by atoms with E-state index >= 15 is 0 Å². The first-order chi connectivity index (χ1) is 10.8. The maximum atomic E-state index is 12.2. The number of aromatic nitrogens is 1. The lowest BCUT2D eigenvalue weighted by Gasteiger charge is -2.19. The summed E-state index contributed by atoms with van der Waals surface area (Å²) in [5, 5.41) is 0.788. The number of carbonyl (C=O) groups is 2. The summed E-state index contributed by atoms with van der Waals surface area (Å²) in [6.45, 7) is 5.18. The molecule has 0 aliphatic heterocycles. The molecule has 0 radical (unpaired) electrons. The molecular formula is C16H19N3O4. The number of hydrazine groups is 1. The number of rotatable bonds is 2. The fraction of sp³-hybridized carbons (Fsp3) is 0.312. The maximum Gasteiger partial charge on any atom is 0.426 e. The molecule has 0 atom stereocenters. The molecule has 1 heterocycles. The number of benzene rings is 1. The van der Waals surface area contributed by atoms with Gasteiger partial charge in [0.25, 0.3) is 5.91 Å². The molecule has 2 N–H and O–H groups in total. The van der Waals surface area contributed by atoms with Gasteiger partial charge in [-0.05, 0) is 32.9 Å². The predicted molar refractivity (Wildman–Crippen MR) is 85.1 cm³/mol. The number of fused-ring (bicyclic) bond motifs is 1. The van der Waals surface area contributed by atoms with Gasteiger partial charge in [-0.3, -0.25) is 10.2 Å². The Balaban J connectivity index is 2.15. The number of nitrogens with zero attached hydrogens (tertiary/aromatic N) is 1. The lowest BCUT2D eigenvalue weighted by Crippen LogP contribution is -2.44. The smallest absolute Gasteiger partial charge is 0.426 e. The van der Waals surface area contributed by atoms with Crippen molar-refractivity contribution < 1.29 is 19.1 Å². The lowest BCUT2D eigenvalue weighted by molar-refractivity contribution is 0.0483. The summed E-state index contributed by atoms with van der Waals surface area (Å²) >= 11 is 0. The third kappa shape index (κ3) is 4.32. The quantitative estimate of drug-likeness (QED) is 0.830. The third-order valence-corrected chi connectivity index (χ3v) is 2.80. The summed E-state index contributed by atoms with van der Waals surface area (Å²) in [6.07, 6.45) is -0.751. The van der Waals surface area contributed by atoms with E-state index in [2.05, 4.69) is 15.8 Å². The molecule has 1 aromatic heterocycles. The second-order valence-corrected chi connectivity index (χ2v) is 5.82. The van der Waals surface area contributed by atoms with E-state index in [1.165, 1.54) is 7.11 Å². The fourth-order valence-electron chi connectivity index (χ4n) is 1.90. The molecule has 0 saturated heterocycles. The van der Waals surface area contributed by atoms with Crippen LogP contribution in [0, 0.1) is 0 Å². The fourth-order valence-corrected chi connectivity index (χ4v) is 1.90. The Labute approximate surface area is 134 Å². The largest absolute Gasteiger partial charge is 0.480 e. The van der Waals surface area contributed by atoms with Gasteiger partial charge in [-0.15, -0.1) is 0 Å². The first-order valence-corrected chi connectivity index (χ1v) is 7.03. The van der Waals surface area contributed by atoms with Crippen molar-refractivity contribution in [2.45, 2.75) is 26.4 Å². The van der Waals surface area contributed by atoms with Crippen molar-refractivity contribution in [2.24, 2.45) is 0 Å². The molecule has 2 amide bonds. The van der Waals surface area contributed by atoms with Gasteiger partial charge in [0.1, 0.15) is 11.2 Å². The topological polar surface area (TPSA) is 89.5 Å². The van der Waals surface area contributed by atoms with Gasteiger partial charge in [0.2, 0.25) is 5.88 Å². The van der Waals surface area contributed by atoms with Crippen molar-refractivity contribution in [3.05, 3.63) is 35.9 Å². The molecule has 0 aliphatic carbocycles. The van der Waals surface area contributed by atoms with Gasteiger partial charge in [-0.1, -0.05) is 18.2 Å². The average Bonchev–Trinajstić information content (AvgIpc) is 2.49. The van der Waals surface area contributed by atoms with Gasteiger partial charge in [0.05, 0.1) is 12.6 Å². The number of nitrogens with one attached hydrogen (secondary N) is 2. The third-order valence-electron chi connectivity index (χ3n) is 2.80. The molecule has 0 aliphatic rings. The van der Waals surface area contributed by atoms with Gasteiger partial charge in [0, 0.05) is 5.39 Å². The second kappa shape index (κ2) is 6.51. The minimum Gasteiger partial charge on any atom is -0.480 e. The average molecular weight is 317 g/mol. The van der Waals surface area contributed by atoms with Crippen LogP contribution in [0.5, 0.6) is 5.88 Å². The Kier molecular flexibility index (Phi) is 4.68. The molecule has 2 aromatic rings. The standard InChI is InChI=1S/C16H19N3O4/c1-16(2,3)23-15(21)19-18-13(20)11-9-10-7-5-6-8-12(10)17-14(11)22-4/h5-9H,1-4H3,(H,18,20)(H,19,21). The Morgan fingerprint density at radius 3 is 2.48 bits per heavy atom. The number of para-hydroxylation sites is 1. The van der Waals surface area contributed by atoms with E-state index in [1.807, 2.05) is 24.3 Å². The number of hydrogen-bond donors (Lipinski definition) is 2. The van der Waals surface area contributed by atoms with Crippen LogP contribution < -0.4 is 15.6 Å². The van der Waals surface area contributed by atoms with Crippen LogP contribution in [0.2, 0.25) is 0 Å². The normalized spacial score (nSPS) is 11.0. The van der Waals surface area contributed by atoms with Crippen molar-refractivity contribution in [1.29, 1.82) is 0 Å². The Morgan fingerprint density at radius 1 is 1.13 bits per heavy atom. The molecule has 7 heteroatoms. The molecule has 23 heavy (non-hydrogen) atoms. The zero-order valence-corrected chi connectivity index (χ0v) is 13.5. The van der Waals surface area contributed by atoms with E-state index in [4.69, 9.17) is 9.47 Å². The van der Waals surface area contributed by atoms with Crippen molar-refractivity contribution in [1.82, 2.24) is 15.8 Å². The van der Waals surface area contributed by atoms with Crippen LogP contribution in [0.4, 0.5) is 4.79 Å². The summed E-state index contributed by atoms with van der Waals surface area (Å²) in [5.41, 5.74) is 4.73. The van der Waals surface area contributed by atoms with E-state index in [0.717, 1.165) is 5.39 Å². The van der Waals surface area contributed by atoms with Crippen LogP contribution in [0.3, 0.4) is 0 Å². The van der Waals surface area contributed by atoms with Crippen molar-refractivity contribution in [3.63, 3.8) is 0 Å². The minimum atomic E-state index is -0.751. The molecule has 0 spiro atoms. The second-order valence-electron chi connectivity index (χ2n) is 5.82. The monoisotopic (exact) mass is 317 g/mol. The van der Waals surface area contributed by atoms with E-state index in [0.29, 0.717) is 5.52 Å². The molecule has 0 fully saturated rings. The number of pyridine rings is 1. The van der Waals surface area contributed by atoms with Crippen molar-refractivity contribution >= 4 is 22.9 Å². The molecule has 1 aromatic carbocycles. The summed E-state index contributed by atoms with van der Waals surface area (Å²) in [6, 6.07) is 8.99. The molecule has 0 bridgehead atoms. The SMILES string of the molecule is COc1nc2ccccc2cc1C(=O)NNC(=O)OC(C)(C)C. The molecule has 122 valence electrons. The van der Waals surface area contributed by atoms with E-state index < -0.39 is 17.6 Å². The van der Waals surface area contributed by atoms with Crippen LogP contribution >= 0.6 is 0 Å². The number of ether oxygens (including phenoxy) is 2. The molecule has 7 nitrogen and oxygen atoms in total. The number of carbonyl (C=O) groups excluding carboxylic acids is 2. The van der Waals surface area contributed by atoms with Crippen LogP contribution in [-0.4, -0.2) is 29.7 Å². The van der Waals surface area contributed by atoms with Crippen LogP contribution in [-0.2, 0) is 4.74 Å². The minimum absolute atomic E-state index is 0.173. The Morgan fingerprint density at radius 2 is 1.83 bits per heavy atom. The number of methoxy groups -OCH3 is 1. The van der Waals surface area contributed by atoms with E-state index in [9.17, 15) is 9.59 Å². The molecule has 0 unspecified atom stereocenters. The first kappa shape index (κ1) is 16.5. The highest BCUT2D eigenvalue weighted by atomic mass is 16.6. The maximum absolute atomic E-state index is 12.2. The molecule has 2 rings (SSSR count). The summed E-state index contributed by atoms with van der Waals surface area (Å²) in [4.78, 5) is 28.1. The Hall–Kier alpha value is -2.83. The van der Waals surface area contributed by atoms with Crippen molar-refractivity contribution in [2.75, 3.05) is 7.11 Å². The number of hydrogen-bond acceptors (Lipinski definition) is 5. The molecule has 0 saturated carbocycles. The highest BCUT2D eigenvalue weighted by Crippen LogP contribution is 2.21. The summed E-state index contributed by atoms with van der Waals surface area (Å²) < 4.78 is 10.2. The van der Waals surface area contributed by atoms with Crippen LogP contribution in [0.25, 0.3) is 10.9 Å². The van der Waals surface area contributed by atoms with Gasteiger partial charge >= 0.3 is 6.09 Å². The predicted octanol–water partition coefficient (Wildman–Crippen LogP) is 2.41. The van der Waals surface area contributed by atoms with E-state index in [-0.39, 0.29) is 11.4 Å². The van der Waals surface area contributed by atoms with Gasteiger partial charge in [-0.25, -0.2) is 15.2 Å². The van der Waals surface area contributed by atoms with Crippen molar-refractivity contribution in [3.8, 4) is 5.88 Å². The molecular weight excluding hydrogens is 298 g/mol. The zero-order chi connectivity index (χ0) is 17.0.